The van der Waals surface area contributed by atoms with E-state index in [1.807, 2.05) is 0 Å². The van der Waals surface area contributed by atoms with Gasteiger partial charge in [0.2, 0.25) is 5.82 Å². The second-order valence-corrected chi connectivity index (χ2v) is 3.01. The van der Waals surface area contributed by atoms with Crippen LogP contribution < -0.4 is 0 Å². The Balaban J connectivity index is 2.49. The maximum atomic E-state index is 12.5. The normalized spacial score (nSPS) is 11.8. The van der Waals surface area contributed by atoms with Gasteiger partial charge >= 0.3 is 12.2 Å². The molecule has 0 amide bonds. The van der Waals surface area contributed by atoms with E-state index in [1.54, 1.807) is 0 Å². The molecule has 2 aromatic rings. The number of nitrogens with zero attached hydrogens (tertiary/aromatic N) is 6. The second-order valence-electron chi connectivity index (χ2n) is 3.01. The molecule has 17 heavy (non-hydrogen) atoms. The fourth-order valence-corrected chi connectivity index (χ4v) is 1.14. The zero-order chi connectivity index (χ0) is 12.6. The minimum absolute atomic E-state index is 0.143. The summed E-state index contributed by atoms with van der Waals surface area (Å²) < 4.78 is 38.4. The Morgan fingerprint density at radius 1 is 1.41 bits per heavy atom. The third-order valence-electron chi connectivity index (χ3n) is 1.76. The van der Waals surface area contributed by atoms with Crippen LogP contribution in [0.1, 0.15) is 11.6 Å². The lowest BCUT2D eigenvalue weighted by Crippen LogP contribution is -2.27. The molecule has 0 saturated heterocycles. The van der Waals surface area contributed by atoms with Crippen LogP contribution in [0, 0.1) is 6.92 Å². The van der Waals surface area contributed by atoms with Gasteiger partial charge in [0.25, 0.3) is 0 Å². The first-order valence-corrected chi connectivity index (χ1v) is 4.30. The zero-order valence-corrected chi connectivity index (χ0v) is 8.38. The van der Waals surface area contributed by atoms with Crippen molar-refractivity contribution in [1.82, 2.24) is 29.5 Å². The van der Waals surface area contributed by atoms with Crippen molar-refractivity contribution < 1.29 is 18.0 Å². The van der Waals surface area contributed by atoms with Gasteiger partial charge in [-0.3, -0.25) is 0 Å². The molecular formula is C7H5F3N6O. The number of aromatic nitrogens is 6. The van der Waals surface area contributed by atoms with Crippen LogP contribution in [0.5, 0.6) is 0 Å². The molecular weight excluding hydrogens is 241 g/mol. The summed E-state index contributed by atoms with van der Waals surface area (Å²) in [5.74, 6) is -1.55. The van der Waals surface area contributed by atoms with Crippen LogP contribution in [0.2, 0.25) is 0 Å². The summed E-state index contributed by atoms with van der Waals surface area (Å²) in [6, 6.07) is -1.10. The van der Waals surface area contributed by atoms with Crippen molar-refractivity contribution >= 4 is 6.03 Å². The lowest BCUT2D eigenvalue weighted by Gasteiger charge is -2.06. The van der Waals surface area contributed by atoms with Crippen LogP contribution in [-0.4, -0.2) is 35.6 Å². The van der Waals surface area contributed by atoms with Crippen LogP contribution in [0.25, 0.3) is 0 Å². The molecule has 0 fully saturated rings. The van der Waals surface area contributed by atoms with Crippen molar-refractivity contribution in [3.8, 4) is 0 Å². The molecule has 0 spiro atoms. The molecule has 0 atom stereocenters. The number of rotatable bonds is 0. The molecule has 2 heterocycles. The van der Waals surface area contributed by atoms with Crippen LogP contribution in [0.3, 0.4) is 0 Å². The van der Waals surface area contributed by atoms with Gasteiger partial charge in [0.05, 0.1) is 0 Å². The van der Waals surface area contributed by atoms with Crippen molar-refractivity contribution in [2.75, 3.05) is 0 Å². The van der Waals surface area contributed by atoms with Gasteiger partial charge in [-0.1, -0.05) is 0 Å². The average molecular weight is 246 g/mol. The zero-order valence-electron chi connectivity index (χ0n) is 8.38. The van der Waals surface area contributed by atoms with E-state index in [4.69, 9.17) is 0 Å². The summed E-state index contributed by atoms with van der Waals surface area (Å²) in [7, 11) is 0. The number of carbonyl (C=O) groups is 1. The number of hydrogen-bond acceptors (Lipinski definition) is 5. The maximum absolute atomic E-state index is 12.5. The number of alkyl halides is 3. The highest BCUT2D eigenvalue weighted by Crippen LogP contribution is 2.27. The highest BCUT2D eigenvalue weighted by Gasteiger charge is 2.39. The molecule has 0 saturated carbocycles. The van der Waals surface area contributed by atoms with Crippen LogP contribution >= 0.6 is 0 Å². The lowest BCUT2D eigenvalue weighted by atomic mass is 10.6. The lowest BCUT2D eigenvalue weighted by molar-refractivity contribution is -0.146. The first-order chi connectivity index (χ1) is 7.89. The van der Waals surface area contributed by atoms with Gasteiger partial charge in [-0.05, 0) is 6.92 Å². The molecule has 0 aliphatic rings. The molecule has 10 heteroatoms. The Bertz CT molecular complexity index is 542. The first kappa shape index (κ1) is 11.2. The van der Waals surface area contributed by atoms with Gasteiger partial charge in [0.15, 0.2) is 0 Å². The SMILES string of the molecule is Cc1nc(C(F)(F)F)n(C(=O)n2cncn2)n1. The predicted octanol–water partition coefficient (Wildman–Crippen LogP) is 0.713. The average Bonchev–Trinajstić information content (AvgIpc) is 2.83. The Kier molecular flexibility index (Phi) is 2.41. The van der Waals surface area contributed by atoms with E-state index in [1.165, 1.54) is 6.92 Å². The van der Waals surface area contributed by atoms with E-state index in [-0.39, 0.29) is 10.5 Å². The molecule has 2 rings (SSSR count). The van der Waals surface area contributed by atoms with E-state index in [0.717, 1.165) is 12.7 Å². The molecule has 0 radical (unpaired) electrons. The summed E-state index contributed by atoms with van der Waals surface area (Å²) >= 11 is 0. The van der Waals surface area contributed by atoms with Gasteiger partial charge in [-0.15, -0.1) is 5.10 Å². The summed E-state index contributed by atoms with van der Waals surface area (Å²) in [5.41, 5.74) is 0. The molecule has 0 bridgehead atoms. The van der Waals surface area contributed by atoms with Crippen molar-refractivity contribution in [2.24, 2.45) is 0 Å². The number of aryl methyl sites for hydroxylation is 1. The summed E-state index contributed by atoms with van der Waals surface area (Å²) in [5, 5.41) is 6.81. The smallest absolute Gasteiger partial charge is 0.243 e. The fraction of sp³-hybridized carbons (Fsp3) is 0.286. The molecule has 2 aromatic heterocycles. The molecule has 0 unspecified atom stereocenters. The molecule has 0 aromatic carbocycles. The third-order valence-corrected chi connectivity index (χ3v) is 1.76. The molecule has 0 aliphatic carbocycles. The Labute approximate surface area is 91.9 Å². The van der Waals surface area contributed by atoms with Crippen LogP contribution in [0.4, 0.5) is 18.0 Å². The van der Waals surface area contributed by atoms with Crippen molar-refractivity contribution in [2.45, 2.75) is 13.1 Å². The van der Waals surface area contributed by atoms with E-state index in [9.17, 15) is 18.0 Å². The summed E-state index contributed by atoms with van der Waals surface area (Å²) in [4.78, 5) is 18.2. The summed E-state index contributed by atoms with van der Waals surface area (Å²) in [6.07, 6.45) is -2.77. The Hall–Kier alpha value is -2.26. The Morgan fingerprint density at radius 3 is 2.65 bits per heavy atom. The minimum Gasteiger partial charge on any atom is -0.243 e. The highest BCUT2D eigenvalue weighted by molar-refractivity contribution is 5.77. The number of carbonyl (C=O) groups excluding carboxylic acids is 1. The van der Waals surface area contributed by atoms with Gasteiger partial charge in [0.1, 0.15) is 18.5 Å². The maximum Gasteiger partial charge on any atom is 0.451 e. The van der Waals surface area contributed by atoms with Crippen LogP contribution in [-0.2, 0) is 6.18 Å². The second kappa shape index (κ2) is 3.64. The van der Waals surface area contributed by atoms with Crippen molar-refractivity contribution in [3.05, 3.63) is 24.3 Å². The topological polar surface area (TPSA) is 78.5 Å². The quantitative estimate of drug-likeness (QED) is 0.684. The summed E-state index contributed by atoms with van der Waals surface area (Å²) in [6.45, 7) is 1.25. The van der Waals surface area contributed by atoms with Gasteiger partial charge in [-0.2, -0.15) is 27.6 Å². The standard InChI is InChI=1S/C7H5F3N6O/c1-4-13-5(7(8,9)10)16(14-4)6(17)15-3-11-2-12-15/h2-3H,1H3. The fourth-order valence-electron chi connectivity index (χ4n) is 1.14. The highest BCUT2D eigenvalue weighted by atomic mass is 19.4. The van der Waals surface area contributed by atoms with Crippen LogP contribution in [0.15, 0.2) is 12.7 Å². The predicted molar refractivity (Wildman–Crippen MR) is 46.0 cm³/mol. The molecule has 90 valence electrons. The first-order valence-electron chi connectivity index (χ1n) is 4.30. The third kappa shape index (κ3) is 2.00. The van der Waals surface area contributed by atoms with Gasteiger partial charge in [0, 0.05) is 0 Å². The van der Waals surface area contributed by atoms with E-state index in [0.29, 0.717) is 4.68 Å². The van der Waals surface area contributed by atoms with Gasteiger partial charge < -0.3 is 0 Å². The molecule has 0 aliphatic heterocycles. The minimum atomic E-state index is -4.77. The van der Waals surface area contributed by atoms with E-state index < -0.39 is 18.0 Å². The van der Waals surface area contributed by atoms with Crippen molar-refractivity contribution in [3.63, 3.8) is 0 Å². The van der Waals surface area contributed by atoms with Gasteiger partial charge in [-0.25, -0.2) is 14.8 Å². The van der Waals surface area contributed by atoms with E-state index in [2.05, 4.69) is 20.2 Å². The monoisotopic (exact) mass is 246 g/mol. The number of halogens is 3. The van der Waals surface area contributed by atoms with E-state index >= 15 is 0 Å². The molecule has 0 N–H and O–H groups in total. The molecule has 7 nitrogen and oxygen atoms in total. The Morgan fingerprint density at radius 2 is 2.12 bits per heavy atom. The van der Waals surface area contributed by atoms with Crippen molar-refractivity contribution in [1.29, 1.82) is 0 Å². The number of hydrogen-bond donors (Lipinski definition) is 0. The largest absolute Gasteiger partial charge is 0.451 e.